The molecule has 2 rings (SSSR count). The van der Waals surface area contributed by atoms with E-state index in [1.165, 1.54) is 24.3 Å². The Labute approximate surface area is 186 Å². The first-order chi connectivity index (χ1) is 15.4. The number of nitrogens with zero attached hydrogens (tertiary/aromatic N) is 4. The molecule has 2 aromatic rings. The van der Waals surface area contributed by atoms with Crippen LogP contribution in [-0.4, -0.2) is 49.8 Å². The molecule has 33 heavy (non-hydrogen) atoms. The van der Waals surface area contributed by atoms with Crippen molar-refractivity contribution in [2.45, 2.75) is 11.8 Å². The molecule has 0 saturated carbocycles. The summed E-state index contributed by atoms with van der Waals surface area (Å²) in [7, 11) is -2.25. The first kappa shape index (κ1) is 25.0. The number of benzene rings is 2. The number of nitrogens with two attached hydrogens (primary N) is 1. The molecule has 2 aromatic carbocycles. The van der Waals surface area contributed by atoms with Gasteiger partial charge >= 0.3 is 21.5 Å². The molecule has 0 aromatic heterocycles. The lowest BCUT2D eigenvalue weighted by molar-refractivity contribution is -0.422. The Morgan fingerprint density at radius 3 is 2.21 bits per heavy atom. The number of rotatable bonds is 9. The maximum atomic E-state index is 12.5. The van der Waals surface area contributed by atoms with E-state index < -0.39 is 42.9 Å². The lowest BCUT2D eigenvalue weighted by Crippen LogP contribution is -2.34. The van der Waals surface area contributed by atoms with E-state index in [0.717, 1.165) is 25.8 Å². The first-order valence-electron chi connectivity index (χ1n) is 8.70. The third-order valence-corrected chi connectivity index (χ3v) is 5.20. The number of hydrazone groups is 1. The van der Waals surface area contributed by atoms with E-state index in [2.05, 4.69) is 5.10 Å². The van der Waals surface area contributed by atoms with Crippen molar-refractivity contribution in [2.24, 2.45) is 10.8 Å². The number of nitro groups is 2. The van der Waals surface area contributed by atoms with Crippen molar-refractivity contribution in [3.05, 3.63) is 61.7 Å². The maximum absolute atomic E-state index is 12.5. The summed E-state index contributed by atoms with van der Waals surface area (Å²) in [5.41, 5.74) is 3.57. The zero-order valence-corrected chi connectivity index (χ0v) is 18.2. The first-order valence-corrected chi connectivity index (χ1v) is 10.1. The molecule has 3 N–H and O–H groups in total. The van der Waals surface area contributed by atoms with Crippen molar-refractivity contribution >= 4 is 33.7 Å². The van der Waals surface area contributed by atoms with Crippen LogP contribution in [0.1, 0.15) is 11.1 Å². The molecule has 0 spiro atoms. The monoisotopic (exact) mass is 482 g/mol. The molecule has 0 heterocycles. The Balaban J connectivity index is 2.61. The third kappa shape index (κ3) is 5.49. The van der Waals surface area contributed by atoms with E-state index in [9.17, 15) is 28.6 Å². The van der Waals surface area contributed by atoms with Gasteiger partial charge in [-0.3, -0.25) is 25.6 Å². The van der Waals surface area contributed by atoms with Crippen LogP contribution in [0.5, 0.6) is 11.5 Å². The highest BCUT2D eigenvalue weighted by Gasteiger charge is 2.34. The minimum atomic E-state index is -4.51. The van der Waals surface area contributed by atoms with Gasteiger partial charge in [0.1, 0.15) is 5.56 Å². The second-order valence-corrected chi connectivity index (χ2v) is 7.68. The number of hydroxylamine groups is 1. The minimum Gasteiger partial charge on any atom is -0.493 e. The van der Waals surface area contributed by atoms with Crippen LogP contribution in [0, 0.1) is 32.6 Å². The molecule has 0 aliphatic carbocycles. The third-order valence-electron chi connectivity index (χ3n) is 4.01. The highest BCUT2D eigenvalue weighted by atomic mass is 32.2. The molecule has 0 aliphatic heterocycles. The molecule has 0 unspecified atom stereocenters. The summed E-state index contributed by atoms with van der Waals surface area (Å²) >= 11 is 0. The Hall–Kier alpha value is -4.31. The van der Waals surface area contributed by atoms with Gasteiger partial charge in [0.15, 0.2) is 11.5 Å². The zero-order valence-electron chi connectivity index (χ0n) is 17.4. The quantitative estimate of drug-likeness (QED) is 0.227. The van der Waals surface area contributed by atoms with Gasteiger partial charge in [-0.15, -0.1) is 9.39 Å². The van der Waals surface area contributed by atoms with Crippen LogP contribution >= 0.6 is 0 Å². The van der Waals surface area contributed by atoms with Crippen LogP contribution in [0.4, 0.5) is 11.4 Å². The molecule has 0 atom stereocenters. The number of guanidine groups is 1. The fourth-order valence-electron chi connectivity index (χ4n) is 2.52. The molecule has 0 aliphatic rings. The zero-order chi connectivity index (χ0) is 24.9. The van der Waals surface area contributed by atoms with E-state index in [0.29, 0.717) is 6.21 Å². The molecule has 0 bridgehead atoms. The van der Waals surface area contributed by atoms with E-state index in [-0.39, 0.29) is 21.6 Å². The Morgan fingerprint density at radius 2 is 1.76 bits per heavy atom. The molecule has 0 fully saturated rings. The van der Waals surface area contributed by atoms with Gasteiger partial charge in [-0.2, -0.15) is 8.42 Å². The van der Waals surface area contributed by atoms with Crippen molar-refractivity contribution in [3.63, 3.8) is 0 Å². The number of nitrogens with one attached hydrogen (secondary N) is 1. The molecule has 16 heteroatoms. The second-order valence-electron chi connectivity index (χ2n) is 6.15. The molecule has 0 radical (unpaired) electrons. The van der Waals surface area contributed by atoms with Gasteiger partial charge in [0.25, 0.3) is 0 Å². The summed E-state index contributed by atoms with van der Waals surface area (Å²) in [6, 6.07) is 6.27. The molecular formula is C17H18N6O9S. The largest absolute Gasteiger partial charge is 0.493 e. The van der Waals surface area contributed by atoms with Crippen molar-refractivity contribution < 1.29 is 32.0 Å². The smallest absolute Gasteiger partial charge is 0.358 e. The van der Waals surface area contributed by atoms with E-state index >= 15 is 0 Å². The van der Waals surface area contributed by atoms with Crippen LogP contribution in [-0.2, 0) is 14.4 Å². The molecule has 176 valence electrons. The maximum Gasteiger partial charge on any atom is 0.358 e. The molecule has 0 saturated heterocycles. The van der Waals surface area contributed by atoms with Crippen LogP contribution < -0.4 is 15.2 Å². The Bertz CT molecular complexity index is 1230. The standard InChI is InChI=1S/C17H18N6O9S/c1-10-4-6-11(7-5-10)33(28,29)32-21(17(18)19)20-9-12-15(23(26)27)13(22(24)25)8-14(30-2)16(12)31-3/h4-9H,1-3H3,(H3,18,19). The van der Waals surface area contributed by atoms with E-state index in [1.54, 1.807) is 6.92 Å². The fraction of sp³-hybridized carbons (Fsp3) is 0.176. The molecule has 0 amide bonds. The number of hydrogen-bond acceptors (Lipinski definition) is 11. The Kier molecular flexibility index (Phi) is 7.47. The number of nitro benzene ring substituents is 2. The van der Waals surface area contributed by atoms with Crippen molar-refractivity contribution in [2.75, 3.05) is 14.2 Å². The summed E-state index contributed by atoms with van der Waals surface area (Å²) in [6.45, 7) is 1.73. The van der Waals surface area contributed by atoms with Gasteiger partial charge < -0.3 is 15.2 Å². The average Bonchev–Trinajstić information content (AvgIpc) is 2.75. The lowest BCUT2D eigenvalue weighted by atomic mass is 10.1. The number of ether oxygens (including phenoxy) is 2. The SMILES string of the molecule is COc1cc([N+](=O)[O-])c([N+](=O)[O-])c(C=NN(OS(=O)(=O)c2ccc(C)cc2)C(=N)N)c1OC. The van der Waals surface area contributed by atoms with Gasteiger partial charge in [0, 0.05) is 0 Å². The van der Waals surface area contributed by atoms with Crippen LogP contribution in [0.15, 0.2) is 40.3 Å². The normalized spacial score (nSPS) is 11.2. The Morgan fingerprint density at radius 1 is 1.15 bits per heavy atom. The average molecular weight is 482 g/mol. The van der Waals surface area contributed by atoms with Gasteiger partial charge in [-0.1, -0.05) is 22.9 Å². The molecule has 15 nitrogen and oxygen atoms in total. The van der Waals surface area contributed by atoms with Crippen LogP contribution in [0.3, 0.4) is 0 Å². The number of hydrogen-bond donors (Lipinski definition) is 2. The molecular weight excluding hydrogens is 464 g/mol. The summed E-state index contributed by atoms with van der Waals surface area (Å²) < 4.78 is 39.7. The number of aryl methyl sites for hydroxylation is 1. The lowest BCUT2D eigenvalue weighted by Gasteiger charge is -2.16. The van der Waals surface area contributed by atoms with Crippen LogP contribution in [0.2, 0.25) is 0 Å². The summed E-state index contributed by atoms with van der Waals surface area (Å²) in [4.78, 5) is 20.6. The van der Waals surface area contributed by atoms with Crippen molar-refractivity contribution in [3.8, 4) is 11.5 Å². The van der Waals surface area contributed by atoms with Crippen molar-refractivity contribution in [1.82, 2.24) is 5.17 Å². The highest BCUT2D eigenvalue weighted by molar-refractivity contribution is 7.86. The fourth-order valence-corrected chi connectivity index (χ4v) is 3.38. The van der Waals surface area contributed by atoms with Gasteiger partial charge in [0.05, 0.1) is 41.2 Å². The van der Waals surface area contributed by atoms with E-state index in [1.807, 2.05) is 0 Å². The summed E-state index contributed by atoms with van der Waals surface area (Å²) in [5.74, 6) is -1.57. The van der Waals surface area contributed by atoms with Crippen molar-refractivity contribution in [1.29, 1.82) is 5.41 Å². The predicted octanol–water partition coefficient (Wildman–Crippen LogP) is 1.68. The topological polar surface area (TPSA) is 214 Å². The summed E-state index contributed by atoms with van der Waals surface area (Å²) in [5, 5.41) is 34.0. The highest BCUT2D eigenvalue weighted by Crippen LogP contribution is 2.43. The van der Waals surface area contributed by atoms with E-state index in [4.69, 9.17) is 24.9 Å². The predicted molar refractivity (Wildman–Crippen MR) is 114 cm³/mol. The second kappa shape index (κ2) is 9.88. The van der Waals surface area contributed by atoms with Gasteiger partial charge in [-0.25, -0.2) is 0 Å². The number of methoxy groups -OCH3 is 2. The van der Waals surface area contributed by atoms with Gasteiger partial charge in [-0.05, 0) is 19.1 Å². The van der Waals surface area contributed by atoms with Gasteiger partial charge in [0.2, 0.25) is 5.96 Å². The minimum absolute atomic E-state index is 0.0592. The summed E-state index contributed by atoms with van der Waals surface area (Å²) in [6.07, 6.45) is 0.624. The van der Waals surface area contributed by atoms with Crippen LogP contribution in [0.25, 0.3) is 0 Å².